The third-order valence-electron chi connectivity index (χ3n) is 2.03. The van der Waals surface area contributed by atoms with E-state index < -0.39 is 35.9 Å². The smallest absolute Gasteiger partial charge is 0.292 e. The second-order valence-electron chi connectivity index (χ2n) is 3.24. The van der Waals surface area contributed by atoms with E-state index in [0.717, 1.165) is 12.1 Å². The standard InChI is InChI=1S/C10H6ClF5O/c11-6-3-1-2-5(8(6)12)4-7(17)10(15,16)9(13)14/h1-3,9H,4H2. The molecule has 0 radical (unpaired) electrons. The molecular formula is C10H6ClF5O. The number of carbonyl (C=O) groups is 1. The predicted octanol–water partition coefficient (Wildman–Crippen LogP) is 3.49. The summed E-state index contributed by atoms with van der Waals surface area (Å²) in [6.07, 6.45) is -5.25. The molecule has 1 nitrogen and oxygen atoms in total. The van der Waals surface area contributed by atoms with E-state index in [1.54, 1.807) is 0 Å². The van der Waals surface area contributed by atoms with Gasteiger partial charge in [-0.1, -0.05) is 23.7 Å². The Balaban J connectivity index is 2.93. The summed E-state index contributed by atoms with van der Waals surface area (Å²) in [6.45, 7) is 0. The highest BCUT2D eigenvalue weighted by Gasteiger charge is 2.48. The molecule has 1 aromatic rings. The molecule has 1 aromatic carbocycles. The van der Waals surface area contributed by atoms with Crippen molar-refractivity contribution in [1.29, 1.82) is 0 Å². The van der Waals surface area contributed by atoms with Crippen LogP contribution in [-0.4, -0.2) is 18.1 Å². The van der Waals surface area contributed by atoms with E-state index in [-0.39, 0.29) is 5.02 Å². The van der Waals surface area contributed by atoms with E-state index in [2.05, 4.69) is 0 Å². The fourth-order valence-corrected chi connectivity index (χ4v) is 1.29. The van der Waals surface area contributed by atoms with Crippen molar-refractivity contribution in [2.24, 2.45) is 0 Å². The first-order valence-electron chi connectivity index (χ1n) is 4.39. The molecule has 0 spiro atoms. The molecular weight excluding hydrogens is 267 g/mol. The minimum Gasteiger partial charge on any atom is -0.292 e. The highest BCUT2D eigenvalue weighted by Crippen LogP contribution is 2.27. The van der Waals surface area contributed by atoms with Gasteiger partial charge in [-0.05, 0) is 11.6 Å². The van der Waals surface area contributed by atoms with Crippen molar-refractivity contribution < 1.29 is 26.7 Å². The summed E-state index contributed by atoms with van der Waals surface area (Å²) in [6, 6.07) is 3.41. The third-order valence-corrected chi connectivity index (χ3v) is 2.32. The van der Waals surface area contributed by atoms with E-state index in [1.165, 1.54) is 6.07 Å². The van der Waals surface area contributed by atoms with Crippen LogP contribution in [0.5, 0.6) is 0 Å². The fraction of sp³-hybridized carbons (Fsp3) is 0.300. The fourth-order valence-electron chi connectivity index (χ4n) is 1.10. The molecule has 0 aliphatic rings. The Morgan fingerprint density at radius 3 is 2.47 bits per heavy atom. The van der Waals surface area contributed by atoms with Gasteiger partial charge < -0.3 is 0 Å². The van der Waals surface area contributed by atoms with Crippen molar-refractivity contribution in [1.82, 2.24) is 0 Å². The molecule has 17 heavy (non-hydrogen) atoms. The van der Waals surface area contributed by atoms with Crippen LogP contribution >= 0.6 is 11.6 Å². The van der Waals surface area contributed by atoms with Crippen LogP contribution in [0.3, 0.4) is 0 Å². The van der Waals surface area contributed by atoms with Gasteiger partial charge in [-0.15, -0.1) is 0 Å². The molecule has 0 atom stereocenters. The highest BCUT2D eigenvalue weighted by atomic mass is 35.5. The van der Waals surface area contributed by atoms with Gasteiger partial charge in [0.25, 0.3) is 0 Å². The minimum atomic E-state index is -4.78. The van der Waals surface area contributed by atoms with Crippen molar-refractivity contribution in [3.63, 3.8) is 0 Å². The van der Waals surface area contributed by atoms with Crippen molar-refractivity contribution in [3.8, 4) is 0 Å². The molecule has 94 valence electrons. The predicted molar refractivity (Wildman–Crippen MR) is 51.1 cm³/mol. The summed E-state index contributed by atoms with van der Waals surface area (Å²) in [5, 5.41) is -0.365. The molecule has 0 fully saturated rings. The number of halogens is 6. The number of rotatable bonds is 4. The minimum absolute atomic E-state index is 0.365. The Hall–Kier alpha value is -1.17. The summed E-state index contributed by atoms with van der Waals surface area (Å²) in [5.74, 6) is -7.89. The Labute approximate surface area is 98.2 Å². The van der Waals surface area contributed by atoms with Gasteiger partial charge >= 0.3 is 12.3 Å². The van der Waals surface area contributed by atoms with Gasteiger partial charge in [0.05, 0.1) is 5.02 Å². The molecule has 0 saturated heterocycles. The zero-order valence-electron chi connectivity index (χ0n) is 8.19. The molecule has 0 bridgehead atoms. The monoisotopic (exact) mass is 272 g/mol. The number of hydrogen-bond donors (Lipinski definition) is 0. The summed E-state index contributed by atoms with van der Waals surface area (Å²) in [5.41, 5.74) is -0.442. The molecule has 0 aromatic heterocycles. The third kappa shape index (κ3) is 2.94. The van der Waals surface area contributed by atoms with Crippen LogP contribution in [0.15, 0.2) is 18.2 Å². The van der Waals surface area contributed by atoms with Crippen molar-refractivity contribution in [2.75, 3.05) is 0 Å². The van der Waals surface area contributed by atoms with E-state index in [4.69, 9.17) is 11.6 Å². The van der Waals surface area contributed by atoms with Gasteiger partial charge in [-0.3, -0.25) is 4.79 Å². The van der Waals surface area contributed by atoms with Gasteiger partial charge in [0.2, 0.25) is 5.78 Å². The van der Waals surface area contributed by atoms with Crippen molar-refractivity contribution in [3.05, 3.63) is 34.6 Å². The van der Waals surface area contributed by atoms with Crippen LogP contribution in [0.25, 0.3) is 0 Å². The zero-order chi connectivity index (χ0) is 13.2. The summed E-state index contributed by atoms with van der Waals surface area (Å²) < 4.78 is 62.2. The number of benzene rings is 1. The molecule has 1 rings (SSSR count). The normalized spacial score (nSPS) is 11.9. The van der Waals surface area contributed by atoms with Crippen LogP contribution in [0.4, 0.5) is 22.0 Å². The van der Waals surface area contributed by atoms with Crippen LogP contribution < -0.4 is 0 Å². The number of ketones is 1. The lowest BCUT2D eigenvalue weighted by molar-refractivity contribution is -0.166. The van der Waals surface area contributed by atoms with E-state index in [0.29, 0.717) is 0 Å². The van der Waals surface area contributed by atoms with Crippen molar-refractivity contribution in [2.45, 2.75) is 18.8 Å². The van der Waals surface area contributed by atoms with Gasteiger partial charge in [-0.2, -0.15) is 8.78 Å². The Bertz CT molecular complexity index is 433. The Kier molecular flexibility index (Phi) is 4.08. The zero-order valence-corrected chi connectivity index (χ0v) is 8.95. The molecule has 0 aliphatic carbocycles. The molecule has 0 aliphatic heterocycles. The lowest BCUT2D eigenvalue weighted by Crippen LogP contribution is -2.37. The average molecular weight is 273 g/mol. The molecule has 0 amide bonds. The average Bonchev–Trinajstić information content (AvgIpc) is 2.24. The maximum atomic E-state index is 13.2. The SMILES string of the molecule is O=C(Cc1cccc(Cl)c1F)C(F)(F)C(F)F. The molecule has 0 heterocycles. The van der Waals surface area contributed by atoms with E-state index in [1.807, 2.05) is 0 Å². The maximum Gasteiger partial charge on any atom is 0.364 e. The Morgan fingerprint density at radius 2 is 1.94 bits per heavy atom. The maximum absolute atomic E-state index is 13.2. The summed E-state index contributed by atoms with van der Waals surface area (Å²) >= 11 is 5.35. The quantitative estimate of drug-likeness (QED) is 0.767. The van der Waals surface area contributed by atoms with Gasteiger partial charge in [-0.25, -0.2) is 13.2 Å². The van der Waals surface area contributed by atoms with E-state index in [9.17, 15) is 26.7 Å². The van der Waals surface area contributed by atoms with E-state index >= 15 is 0 Å². The topological polar surface area (TPSA) is 17.1 Å². The lowest BCUT2D eigenvalue weighted by atomic mass is 10.0. The first-order chi connectivity index (χ1) is 7.76. The van der Waals surface area contributed by atoms with Crippen LogP contribution in [0, 0.1) is 5.82 Å². The van der Waals surface area contributed by atoms with Gasteiger partial charge in [0.1, 0.15) is 5.82 Å². The number of hydrogen-bond acceptors (Lipinski definition) is 1. The molecule has 0 N–H and O–H groups in total. The summed E-state index contributed by atoms with van der Waals surface area (Å²) in [7, 11) is 0. The second kappa shape index (κ2) is 5.00. The number of carbonyl (C=O) groups excluding carboxylic acids is 1. The largest absolute Gasteiger partial charge is 0.364 e. The number of Topliss-reactive ketones (excluding diaryl/α,β-unsaturated/α-hetero) is 1. The number of alkyl halides is 4. The first kappa shape index (κ1) is 13.9. The Morgan fingerprint density at radius 1 is 1.35 bits per heavy atom. The second-order valence-corrected chi connectivity index (χ2v) is 3.64. The molecule has 0 unspecified atom stereocenters. The van der Waals surface area contributed by atoms with Crippen LogP contribution in [0.2, 0.25) is 5.02 Å². The van der Waals surface area contributed by atoms with Crippen molar-refractivity contribution >= 4 is 17.4 Å². The van der Waals surface area contributed by atoms with Crippen LogP contribution in [0.1, 0.15) is 5.56 Å². The first-order valence-corrected chi connectivity index (χ1v) is 4.76. The van der Waals surface area contributed by atoms with Crippen LogP contribution in [-0.2, 0) is 11.2 Å². The van der Waals surface area contributed by atoms with Gasteiger partial charge in [0.15, 0.2) is 0 Å². The molecule has 7 heteroatoms. The summed E-state index contributed by atoms with van der Waals surface area (Å²) in [4.78, 5) is 10.9. The highest BCUT2D eigenvalue weighted by molar-refractivity contribution is 6.30. The van der Waals surface area contributed by atoms with Gasteiger partial charge in [0, 0.05) is 6.42 Å². The lowest BCUT2D eigenvalue weighted by Gasteiger charge is -2.13. The molecule has 0 saturated carbocycles.